The summed E-state index contributed by atoms with van der Waals surface area (Å²) in [5.74, 6) is 1.63. The molecule has 0 aliphatic heterocycles. The number of hydrogen-bond donors (Lipinski definition) is 0. The van der Waals surface area contributed by atoms with Gasteiger partial charge in [-0.1, -0.05) is 170 Å². The fourth-order valence-electron chi connectivity index (χ4n) is 9.34. The first-order valence-electron chi connectivity index (χ1n) is 22.0. The van der Waals surface area contributed by atoms with Crippen molar-refractivity contribution in [3.8, 4) is 22.3 Å². The van der Waals surface area contributed by atoms with E-state index < -0.39 is 0 Å². The lowest BCUT2D eigenvalue weighted by Gasteiger charge is -2.24. The molecule has 3 nitrogen and oxygen atoms in total. The molecular formula is C60H45N3. The Morgan fingerprint density at radius 2 is 1.05 bits per heavy atom. The second-order valence-electron chi connectivity index (χ2n) is 16.4. The van der Waals surface area contributed by atoms with Crippen molar-refractivity contribution in [2.75, 3.05) is 4.90 Å². The van der Waals surface area contributed by atoms with Gasteiger partial charge in [-0.25, -0.2) is 9.97 Å². The molecule has 0 N–H and O–H groups in total. The molecule has 0 atom stereocenters. The zero-order chi connectivity index (χ0) is 42.1. The molecule has 0 spiro atoms. The lowest BCUT2D eigenvalue weighted by molar-refractivity contribution is 1.12. The van der Waals surface area contributed by atoms with Crippen molar-refractivity contribution in [1.29, 1.82) is 0 Å². The molecule has 8 aromatic carbocycles. The minimum Gasteiger partial charge on any atom is -0.279 e. The average Bonchev–Trinajstić information content (AvgIpc) is 3.62. The lowest BCUT2D eigenvalue weighted by atomic mass is 9.83. The monoisotopic (exact) mass is 807 g/mol. The van der Waals surface area contributed by atoms with E-state index in [1.807, 2.05) is 12.1 Å². The van der Waals surface area contributed by atoms with Crippen LogP contribution in [0.5, 0.6) is 0 Å². The molecule has 300 valence electrons. The molecule has 10 aromatic rings. The van der Waals surface area contributed by atoms with Crippen molar-refractivity contribution in [2.45, 2.75) is 26.2 Å². The Kier molecular flexibility index (Phi) is 9.99. The molecule has 0 radical (unpaired) electrons. The summed E-state index contributed by atoms with van der Waals surface area (Å²) in [5.41, 5.74) is 11.6. The van der Waals surface area contributed by atoms with E-state index in [4.69, 9.17) is 9.97 Å². The highest BCUT2D eigenvalue weighted by Crippen LogP contribution is 2.45. The van der Waals surface area contributed by atoms with Gasteiger partial charge >= 0.3 is 0 Å². The van der Waals surface area contributed by atoms with Gasteiger partial charge in [0.1, 0.15) is 11.6 Å². The van der Waals surface area contributed by atoms with Crippen LogP contribution in [0, 0.1) is 0 Å². The van der Waals surface area contributed by atoms with Crippen molar-refractivity contribution in [3.63, 3.8) is 0 Å². The largest absolute Gasteiger partial charge is 0.279 e. The van der Waals surface area contributed by atoms with Crippen LogP contribution in [-0.4, -0.2) is 9.97 Å². The molecule has 63 heavy (non-hydrogen) atoms. The quantitative estimate of drug-likeness (QED) is 0.143. The Morgan fingerprint density at radius 3 is 1.73 bits per heavy atom. The van der Waals surface area contributed by atoms with Crippen LogP contribution in [-0.2, 0) is 0 Å². The van der Waals surface area contributed by atoms with E-state index in [1.165, 1.54) is 60.2 Å². The Hall–Kier alpha value is -7.88. The number of rotatable bonds is 8. The van der Waals surface area contributed by atoms with E-state index in [0.717, 1.165) is 69.5 Å². The van der Waals surface area contributed by atoms with Crippen LogP contribution in [0.1, 0.15) is 31.7 Å². The van der Waals surface area contributed by atoms with Crippen LogP contribution in [0.25, 0.3) is 82.0 Å². The molecule has 1 aliphatic carbocycles. The highest BCUT2D eigenvalue weighted by atomic mass is 15.2. The zero-order valence-electron chi connectivity index (χ0n) is 35.2. The van der Waals surface area contributed by atoms with E-state index in [2.05, 4.69) is 218 Å². The van der Waals surface area contributed by atoms with E-state index in [-0.39, 0.29) is 0 Å². The fourth-order valence-corrected chi connectivity index (χ4v) is 9.34. The fraction of sp³-hybridized carbons (Fsp3) is 0.0667. The standard InChI is InChI=1S/C60H45N3/c1-2-15-48(38-41-16-5-3-4-6-17-41)59-51-22-11-12-23-52(51)60(49-27-26-42-18-7-8-21-46(42)39-49)54-40-47(30-35-53(54)59)43-28-33-50(34-29-43)63(57-36-31-44-19-9-13-24-55(44)61-57)58-37-32-45-20-10-14-25-56(45)62-58/h3-15,18-40H,2,16-17H2,1H3/b48-15+. The van der Waals surface area contributed by atoms with Gasteiger partial charge in [-0.15, -0.1) is 0 Å². The van der Waals surface area contributed by atoms with Gasteiger partial charge < -0.3 is 0 Å². The number of allylic oxidation sites excluding steroid dienone is 8. The number of aromatic nitrogens is 2. The average molecular weight is 808 g/mol. The van der Waals surface area contributed by atoms with Gasteiger partial charge in [-0.05, 0) is 146 Å². The maximum absolute atomic E-state index is 5.15. The van der Waals surface area contributed by atoms with Gasteiger partial charge in [0.2, 0.25) is 0 Å². The molecule has 1 aliphatic rings. The molecule has 2 aromatic heterocycles. The predicted octanol–water partition coefficient (Wildman–Crippen LogP) is 16.7. The van der Waals surface area contributed by atoms with Crippen LogP contribution in [0.3, 0.4) is 0 Å². The van der Waals surface area contributed by atoms with Crippen molar-refractivity contribution >= 4 is 77.0 Å². The summed E-state index contributed by atoms with van der Waals surface area (Å²) < 4.78 is 0. The minimum atomic E-state index is 0.816. The Morgan fingerprint density at radius 1 is 0.492 bits per heavy atom. The molecular weight excluding hydrogens is 763 g/mol. The summed E-state index contributed by atoms with van der Waals surface area (Å²) in [7, 11) is 0. The first-order chi connectivity index (χ1) is 31.2. The maximum atomic E-state index is 5.15. The zero-order valence-corrected chi connectivity index (χ0v) is 35.2. The van der Waals surface area contributed by atoms with Crippen LogP contribution < -0.4 is 4.90 Å². The highest BCUT2D eigenvalue weighted by molar-refractivity contribution is 6.20. The van der Waals surface area contributed by atoms with E-state index >= 15 is 0 Å². The molecule has 0 saturated carbocycles. The van der Waals surface area contributed by atoms with Gasteiger partial charge in [-0.2, -0.15) is 0 Å². The van der Waals surface area contributed by atoms with Crippen LogP contribution in [0.4, 0.5) is 17.3 Å². The third-order valence-electron chi connectivity index (χ3n) is 12.4. The molecule has 0 fully saturated rings. The van der Waals surface area contributed by atoms with Crippen molar-refractivity contribution < 1.29 is 0 Å². The van der Waals surface area contributed by atoms with Crippen molar-refractivity contribution in [2.24, 2.45) is 0 Å². The summed E-state index contributed by atoms with van der Waals surface area (Å²) in [4.78, 5) is 12.5. The van der Waals surface area contributed by atoms with E-state index in [0.29, 0.717) is 0 Å². The number of pyridine rings is 2. The second kappa shape index (κ2) is 16.5. The summed E-state index contributed by atoms with van der Waals surface area (Å²) in [6, 6.07) is 65.6. The number of nitrogens with zero attached hydrogens (tertiary/aromatic N) is 3. The van der Waals surface area contributed by atoms with Gasteiger partial charge in [0.05, 0.1) is 11.0 Å². The summed E-state index contributed by atoms with van der Waals surface area (Å²) >= 11 is 0. The molecule has 3 heteroatoms. The van der Waals surface area contributed by atoms with Crippen LogP contribution in [0.2, 0.25) is 0 Å². The topological polar surface area (TPSA) is 29.0 Å². The molecule has 11 rings (SSSR count). The first-order valence-corrected chi connectivity index (χ1v) is 22.0. The number of fused-ring (bicyclic) bond motifs is 5. The number of anilines is 3. The Labute approximate surface area is 368 Å². The lowest BCUT2D eigenvalue weighted by Crippen LogP contribution is -2.13. The Bertz CT molecular complexity index is 3400. The molecule has 2 heterocycles. The van der Waals surface area contributed by atoms with Crippen LogP contribution >= 0.6 is 0 Å². The minimum absolute atomic E-state index is 0.816. The normalized spacial score (nSPS) is 13.0. The molecule has 0 bridgehead atoms. The third kappa shape index (κ3) is 7.28. The van der Waals surface area contributed by atoms with Gasteiger partial charge in [0.15, 0.2) is 0 Å². The van der Waals surface area contributed by atoms with Crippen molar-refractivity contribution in [1.82, 2.24) is 9.97 Å². The third-order valence-corrected chi connectivity index (χ3v) is 12.4. The first kappa shape index (κ1) is 38.1. The number of benzene rings is 8. The summed E-state index contributed by atoms with van der Waals surface area (Å²) in [6.45, 7) is 2.24. The highest BCUT2D eigenvalue weighted by Gasteiger charge is 2.20. The SMILES string of the molecule is CC/C=C(\C=C1CC=CC=CC1)c1c2ccccc2c(-c2ccc3ccccc3c2)c2cc(-c3ccc(N(c4ccc5ccccc5n4)c4ccc5ccccc5n4)cc3)ccc12. The number of hydrogen-bond acceptors (Lipinski definition) is 3. The Balaban J connectivity index is 1.09. The molecule has 0 amide bonds. The smallest absolute Gasteiger partial charge is 0.139 e. The molecule has 0 saturated heterocycles. The van der Waals surface area contributed by atoms with E-state index in [1.54, 1.807) is 0 Å². The summed E-state index contributed by atoms with van der Waals surface area (Å²) in [5, 5.41) is 9.70. The number of para-hydroxylation sites is 2. The van der Waals surface area contributed by atoms with Gasteiger partial charge in [-0.3, -0.25) is 4.90 Å². The van der Waals surface area contributed by atoms with Crippen molar-refractivity contribution in [3.05, 3.63) is 230 Å². The van der Waals surface area contributed by atoms with Gasteiger partial charge in [0.25, 0.3) is 0 Å². The van der Waals surface area contributed by atoms with Crippen LogP contribution in [0.15, 0.2) is 224 Å². The maximum Gasteiger partial charge on any atom is 0.139 e. The van der Waals surface area contributed by atoms with Gasteiger partial charge in [0, 0.05) is 16.5 Å². The predicted molar refractivity (Wildman–Crippen MR) is 269 cm³/mol. The van der Waals surface area contributed by atoms with E-state index in [9.17, 15) is 0 Å². The molecule has 0 unspecified atom stereocenters. The summed E-state index contributed by atoms with van der Waals surface area (Å²) in [6.07, 6.45) is 16.6. The second-order valence-corrected chi connectivity index (χ2v) is 16.4.